The highest BCUT2D eigenvalue weighted by Crippen LogP contribution is 2.37. The zero-order valence-corrected chi connectivity index (χ0v) is 19.0. The van der Waals surface area contributed by atoms with Gasteiger partial charge in [0, 0.05) is 30.9 Å². The fraction of sp³-hybridized carbons (Fsp3) is 0.409. The van der Waals surface area contributed by atoms with Gasteiger partial charge in [0.25, 0.3) is 5.91 Å². The van der Waals surface area contributed by atoms with E-state index < -0.39 is 6.03 Å². The molecule has 2 aromatic rings. The van der Waals surface area contributed by atoms with Crippen LogP contribution >= 0.6 is 11.3 Å². The average Bonchev–Trinajstić information content (AvgIpc) is 3.02. The van der Waals surface area contributed by atoms with Crippen molar-refractivity contribution in [3.05, 3.63) is 40.8 Å². The highest BCUT2D eigenvalue weighted by atomic mass is 32.1. The Morgan fingerprint density at radius 3 is 2.61 bits per heavy atom. The number of carbonyl (C=O) groups excluding carboxylic acids is 3. The molecule has 166 valence electrons. The van der Waals surface area contributed by atoms with E-state index in [9.17, 15) is 14.4 Å². The third-order valence-corrected chi connectivity index (χ3v) is 6.36. The van der Waals surface area contributed by atoms with E-state index in [2.05, 4.69) is 36.7 Å². The quantitative estimate of drug-likeness (QED) is 0.670. The van der Waals surface area contributed by atoms with E-state index in [1.807, 2.05) is 12.1 Å². The first kappa shape index (κ1) is 22.6. The van der Waals surface area contributed by atoms with Crippen LogP contribution in [0.1, 0.15) is 42.4 Å². The van der Waals surface area contributed by atoms with Crippen LogP contribution in [0.5, 0.6) is 5.75 Å². The molecule has 1 saturated heterocycles. The molecule has 8 nitrogen and oxygen atoms in total. The van der Waals surface area contributed by atoms with Crippen LogP contribution < -0.4 is 20.7 Å². The lowest BCUT2D eigenvalue weighted by Gasteiger charge is -2.20. The lowest BCUT2D eigenvalue weighted by Crippen LogP contribution is -2.34. The number of amides is 4. The number of benzene rings is 1. The molecule has 0 unspecified atom stereocenters. The zero-order valence-electron chi connectivity index (χ0n) is 18.2. The van der Waals surface area contributed by atoms with Gasteiger partial charge in [-0.05, 0) is 23.6 Å². The third-order valence-electron chi connectivity index (χ3n) is 4.88. The molecule has 2 heterocycles. The van der Waals surface area contributed by atoms with Crippen LogP contribution in [0.2, 0.25) is 0 Å². The van der Waals surface area contributed by atoms with Gasteiger partial charge < -0.3 is 20.3 Å². The fourth-order valence-corrected chi connectivity index (χ4v) is 4.26. The summed E-state index contributed by atoms with van der Waals surface area (Å²) in [5.41, 5.74) is 0.772. The molecule has 0 aliphatic carbocycles. The molecular formula is C22H28N4O4S. The number of anilines is 2. The molecule has 3 N–H and O–H groups in total. The summed E-state index contributed by atoms with van der Waals surface area (Å²) < 4.78 is 5.27. The van der Waals surface area contributed by atoms with Crippen LogP contribution in [0.25, 0.3) is 0 Å². The minimum Gasteiger partial charge on any atom is -0.495 e. The van der Waals surface area contributed by atoms with Crippen LogP contribution in [-0.2, 0) is 10.2 Å². The third kappa shape index (κ3) is 5.55. The van der Waals surface area contributed by atoms with Crippen molar-refractivity contribution in [1.29, 1.82) is 0 Å². The lowest BCUT2D eigenvalue weighted by atomic mass is 9.94. The number of ether oxygens (including phenoxy) is 1. The number of hydrogen-bond donors (Lipinski definition) is 3. The number of hydrogen-bond acceptors (Lipinski definition) is 5. The first-order chi connectivity index (χ1) is 14.7. The second-order valence-electron chi connectivity index (χ2n) is 8.28. The molecule has 0 spiro atoms. The molecule has 0 atom stereocenters. The predicted octanol–water partition coefficient (Wildman–Crippen LogP) is 3.66. The van der Waals surface area contributed by atoms with E-state index in [0.717, 1.165) is 4.88 Å². The highest BCUT2D eigenvalue weighted by molar-refractivity contribution is 7.16. The van der Waals surface area contributed by atoms with Gasteiger partial charge in [0.15, 0.2) is 0 Å². The van der Waals surface area contributed by atoms with Gasteiger partial charge in [-0.1, -0.05) is 32.9 Å². The van der Waals surface area contributed by atoms with E-state index in [4.69, 9.17) is 4.74 Å². The highest BCUT2D eigenvalue weighted by Gasteiger charge is 2.28. The van der Waals surface area contributed by atoms with Gasteiger partial charge in [-0.2, -0.15) is 0 Å². The summed E-state index contributed by atoms with van der Waals surface area (Å²) in [7, 11) is 1.53. The molecule has 1 aromatic heterocycles. The number of nitrogens with zero attached hydrogens (tertiary/aromatic N) is 1. The van der Waals surface area contributed by atoms with Gasteiger partial charge in [-0.3, -0.25) is 14.9 Å². The Kier molecular flexibility index (Phi) is 6.84. The molecule has 9 heteroatoms. The van der Waals surface area contributed by atoms with Crippen molar-refractivity contribution in [3.8, 4) is 5.75 Å². The average molecular weight is 445 g/mol. The van der Waals surface area contributed by atoms with Crippen molar-refractivity contribution < 1.29 is 19.1 Å². The van der Waals surface area contributed by atoms with Crippen LogP contribution in [0.4, 0.5) is 15.5 Å². The summed E-state index contributed by atoms with van der Waals surface area (Å²) >= 11 is 1.38. The molecule has 1 aliphatic heterocycles. The molecule has 3 rings (SSSR count). The summed E-state index contributed by atoms with van der Waals surface area (Å²) in [6.45, 7) is 7.36. The maximum atomic E-state index is 13.3. The Morgan fingerprint density at radius 1 is 1.16 bits per heavy atom. The number of para-hydroxylation sites is 2. The van der Waals surface area contributed by atoms with E-state index in [1.54, 1.807) is 23.1 Å². The number of carbonyl (C=O) groups is 3. The summed E-state index contributed by atoms with van der Waals surface area (Å²) in [5.74, 6) is 0.276. The Morgan fingerprint density at radius 2 is 1.90 bits per heavy atom. The predicted molar refractivity (Wildman–Crippen MR) is 122 cm³/mol. The molecule has 0 saturated carbocycles. The van der Waals surface area contributed by atoms with Gasteiger partial charge in [-0.15, -0.1) is 11.3 Å². The van der Waals surface area contributed by atoms with Gasteiger partial charge in [0.1, 0.15) is 10.8 Å². The Hall–Kier alpha value is -3.07. The number of urea groups is 1. The second-order valence-corrected chi connectivity index (χ2v) is 9.33. The van der Waals surface area contributed by atoms with Gasteiger partial charge in [-0.25, -0.2) is 4.79 Å². The van der Waals surface area contributed by atoms with Crippen LogP contribution in [0.3, 0.4) is 0 Å². The van der Waals surface area contributed by atoms with Crippen LogP contribution in [-0.4, -0.2) is 49.5 Å². The van der Waals surface area contributed by atoms with Crippen LogP contribution in [0.15, 0.2) is 30.3 Å². The number of thiophene rings is 1. The molecule has 0 bridgehead atoms. The van der Waals surface area contributed by atoms with E-state index in [0.29, 0.717) is 41.6 Å². The molecule has 31 heavy (non-hydrogen) atoms. The van der Waals surface area contributed by atoms with Gasteiger partial charge in [0.05, 0.1) is 18.4 Å². The van der Waals surface area contributed by atoms with Gasteiger partial charge >= 0.3 is 6.03 Å². The van der Waals surface area contributed by atoms with E-state index in [-0.39, 0.29) is 23.7 Å². The van der Waals surface area contributed by atoms with E-state index in [1.165, 1.54) is 18.4 Å². The van der Waals surface area contributed by atoms with E-state index >= 15 is 0 Å². The van der Waals surface area contributed by atoms with Crippen molar-refractivity contribution in [2.24, 2.45) is 0 Å². The Labute approximate surface area is 186 Å². The van der Waals surface area contributed by atoms with Crippen molar-refractivity contribution in [2.75, 3.05) is 37.4 Å². The SMILES string of the molecule is COc1ccccc1NC(=O)Nc1sc(C(C)(C)C)cc1C(=O)N1CCNC(=O)CC1. The van der Waals surface area contributed by atoms with Crippen molar-refractivity contribution in [3.63, 3.8) is 0 Å². The molecule has 0 radical (unpaired) electrons. The minimum absolute atomic E-state index is 0.0643. The largest absolute Gasteiger partial charge is 0.495 e. The molecule has 1 aliphatic rings. The summed E-state index contributed by atoms with van der Waals surface area (Å²) in [4.78, 5) is 40.2. The van der Waals surface area contributed by atoms with Crippen molar-refractivity contribution in [1.82, 2.24) is 10.2 Å². The smallest absolute Gasteiger partial charge is 0.324 e. The second kappa shape index (κ2) is 9.38. The normalized spacial score (nSPS) is 14.5. The zero-order chi connectivity index (χ0) is 22.6. The number of methoxy groups -OCH3 is 1. The number of nitrogens with one attached hydrogen (secondary N) is 3. The lowest BCUT2D eigenvalue weighted by molar-refractivity contribution is -0.120. The minimum atomic E-state index is -0.464. The first-order valence-corrected chi connectivity index (χ1v) is 10.9. The molecular weight excluding hydrogens is 416 g/mol. The summed E-state index contributed by atoms with van der Waals surface area (Å²) in [6, 6.07) is 8.47. The van der Waals surface area contributed by atoms with Crippen LogP contribution in [0, 0.1) is 0 Å². The standard InChI is InChI=1S/C22H28N4O4S/c1-22(2,3)17-13-14(20(28)26-11-9-18(27)23-10-12-26)19(31-17)25-21(29)24-15-7-5-6-8-16(15)30-4/h5-8,13H,9-12H2,1-4H3,(H,23,27)(H2,24,25,29). The molecule has 1 fully saturated rings. The maximum absolute atomic E-state index is 13.3. The fourth-order valence-electron chi connectivity index (χ4n) is 3.16. The van der Waals surface area contributed by atoms with Crippen molar-refractivity contribution >= 4 is 39.9 Å². The monoisotopic (exact) mass is 444 g/mol. The number of rotatable bonds is 4. The summed E-state index contributed by atoms with van der Waals surface area (Å²) in [5, 5.41) is 8.85. The Bertz CT molecular complexity index is 980. The van der Waals surface area contributed by atoms with Gasteiger partial charge in [0.2, 0.25) is 5.91 Å². The van der Waals surface area contributed by atoms with Crippen molar-refractivity contribution in [2.45, 2.75) is 32.6 Å². The molecule has 1 aromatic carbocycles. The topological polar surface area (TPSA) is 99.8 Å². The Balaban J connectivity index is 1.84. The first-order valence-electron chi connectivity index (χ1n) is 10.1. The maximum Gasteiger partial charge on any atom is 0.324 e. The molecule has 4 amide bonds. The summed E-state index contributed by atoms with van der Waals surface area (Å²) in [6.07, 6.45) is 0.263.